The van der Waals surface area contributed by atoms with Crippen LogP contribution in [0.4, 0.5) is 4.79 Å². The first-order valence-electron chi connectivity index (χ1n) is 6.02. The Morgan fingerprint density at radius 1 is 1.29 bits per heavy atom. The van der Waals surface area contributed by atoms with Gasteiger partial charge < -0.3 is 15.5 Å². The number of urea groups is 1. The van der Waals surface area contributed by atoms with Crippen molar-refractivity contribution in [3.63, 3.8) is 0 Å². The van der Waals surface area contributed by atoms with Gasteiger partial charge in [-0.15, -0.1) is 0 Å². The molecule has 0 spiro atoms. The highest BCUT2D eigenvalue weighted by Crippen LogP contribution is 2.15. The van der Waals surface area contributed by atoms with E-state index in [0.29, 0.717) is 13.1 Å². The summed E-state index contributed by atoms with van der Waals surface area (Å²) in [6.45, 7) is 4.77. The lowest BCUT2D eigenvalue weighted by Gasteiger charge is -2.23. The van der Waals surface area contributed by atoms with E-state index in [4.69, 9.17) is 5.73 Å². The van der Waals surface area contributed by atoms with Gasteiger partial charge in [-0.3, -0.25) is 0 Å². The monoisotopic (exact) mass is 233 g/mol. The first-order valence-corrected chi connectivity index (χ1v) is 6.02. The number of hydrogen-bond donors (Lipinski definition) is 1. The molecule has 1 aliphatic heterocycles. The molecule has 2 amide bonds. The molecule has 1 aliphatic rings. The second-order valence-corrected chi connectivity index (χ2v) is 4.47. The number of nitrogens with zero attached hydrogens (tertiary/aromatic N) is 2. The lowest BCUT2D eigenvalue weighted by Crippen LogP contribution is -2.41. The number of carbonyl (C=O) groups is 1. The van der Waals surface area contributed by atoms with Gasteiger partial charge in [0.15, 0.2) is 0 Å². The lowest BCUT2D eigenvalue weighted by molar-refractivity contribution is 0.180. The molecule has 0 aliphatic carbocycles. The van der Waals surface area contributed by atoms with Gasteiger partial charge in [-0.05, 0) is 12.5 Å². The van der Waals surface area contributed by atoms with E-state index in [1.807, 2.05) is 47.1 Å². The highest BCUT2D eigenvalue weighted by Gasteiger charge is 2.30. The van der Waals surface area contributed by atoms with Gasteiger partial charge in [0.2, 0.25) is 0 Å². The molecular formula is C13H19N3O. The average Bonchev–Trinajstić information content (AvgIpc) is 2.72. The smallest absolute Gasteiger partial charge is 0.320 e. The predicted octanol–water partition coefficient (Wildman–Crippen LogP) is 1.27. The van der Waals surface area contributed by atoms with Gasteiger partial charge in [-0.1, -0.05) is 30.3 Å². The van der Waals surface area contributed by atoms with Crippen molar-refractivity contribution in [2.45, 2.75) is 19.5 Å². The summed E-state index contributed by atoms with van der Waals surface area (Å²) >= 11 is 0. The molecule has 0 radical (unpaired) electrons. The third-order valence-corrected chi connectivity index (χ3v) is 3.22. The molecule has 0 aromatic heterocycles. The van der Waals surface area contributed by atoms with Gasteiger partial charge in [0, 0.05) is 32.2 Å². The third-order valence-electron chi connectivity index (χ3n) is 3.22. The van der Waals surface area contributed by atoms with Crippen molar-refractivity contribution < 1.29 is 4.79 Å². The maximum Gasteiger partial charge on any atom is 0.320 e. The van der Waals surface area contributed by atoms with Crippen LogP contribution in [0.3, 0.4) is 0 Å². The Labute approximate surface area is 102 Å². The molecule has 2 N–H and O–H groups in total. The summed E-state index contributed by atoms with van der Waals surface area (Å²) in [6, 6.07) is 10.3. The highest BCUT2D eigenvalue weighted by atomic mass is 16.2. The summed E-state index contributed by atoms with van der Waals surface area (Å²) in [5, 5.41) is 0. The van der Waals surface area contributed by atoms with Crippen LogP contribution in [-0.2, 0) is 6.54 Å². The number of nitrogens with two attached hydrogens (primary N) is 1. The molecule has 1 aromatic rings. The number of carbonyl (C=O) groups excluding carboxylic acids is 1. The molecule has 1 unspecified atom stereocenters. The Kier molecular flexibility index (Phi) is 3.64. The molecule has 4 nitrogen and oxygen atoms in total. The Morgan fingerprint density at radius 3 is 2.65 bits per heavy atom. The zero-order valence-corrected chi connectivity index (χ0v) is 10.2. The normalized spacial score (nSPS) is 17.6. The van der Waals surface area contributed by atoms with Crippen LogP contribution in [0.25, 0.3) is 0 Å². The number of hydrogen-bond acceptors (Lipinski definition) is 2. The van der Waals surface area contributed by atoms with Gasteiger partial charge in [0.05, 0.1) is 0 Å². The summed E-state index contributed by atoms with van der Waals surface area (Å²) in [4.78, 5) is 15.8. The highest BCUT2D eigenvalue weighted by molar-refractivity contribution is 5.76. The fourth-order valence-corrected chi connectivity index (χ4v) is 2.09. The van der Waals surface area contributed by atoms with Gasteiger partial charge in [-0.25, -0.2) is 4.79 Å². The quantitative estimate of drug-likeness (QED) is 0.851. The summed E-state index contributed by atoms with van der Waals surface area (Å²) in [6.07, 6.45) is 0. The molecule has 2 rings (SSSR count). The second kappa shape index (κ2) is 5.19. The SMILES string of the molecule is CC(CN)N1CCN(Cc2ccccc2)C1=O. The van der Waals surface area contributed by atoms with Crippen LogP contribution in [0.5, 0.6) is 0 Å². The van der Waals surface area contributed by atoms with Crippen molar-refractivity contribution in [2.75, 3.05) is 19.6 Å². The van der Waals surface area contributed by atoms with Gasteiger partial charge in [-0.2, -0.15) is 0 Å². The second-order valence-electron chi connectivity index (χ2n) is 4.47. The lowest BCUT2D eigenvalue weighted by atomic mass is 10.2. The molecule has 4 heteroatoms. The maximum atomic E-state index is 12.1. The fourth-order valence-electron chi connectivity index (χ4n) is 2.09. The van der Waals surface area contributed by atoms with Crippen molar-refractivity contribution in [1.82, 2.24) is 9.80 Å². The first kappa shape index (κ1) is 11.9. The van der Waals surface area contributed by atoms with E-state index < -0.39 is 0 Å². The molecule has 1 atom stereocenters. The van der Waals surface area contributed by atoms with E-state index in [1.54, 1.807) is 0 Å². The van der Waals surface area contributed by atoms with E-state index in [1.165, 1.54) is 5.56 Å². The minimum absolute atomic E-state index is 0.104. The van der Waals surface area contributed by atoms with Crippen LogP contribution >= 0.6 is 0 Å². The van der Waals surface area contributed by atoms with Crippen LogP contribution in [0.2, 0.25) is 0 Å². The zero-order valence-electron chi connectivity index (χ0n) is 10.2. The standard InChI is InChI=1S/C13H19N3O/c1-11(9-14)16-8-7-15(13(16)17)10-12-5-3-2-4-6-12/h2-6,11H,7-10,14H2,1H3. The van der Waals surface area contributed by atoms with Gasteiger partial charge in [0.1, 0.15) is 0 Å². The molecule has 17 heavy (non-hydrogen) atoms. The Balaban J connectivity index is 1.99. The van der Waals surface area contributed by atoms with Crippen molar-refractivity contribution >= 4 is 6.03 Å². The van der Waals surface area contributed by atoms with Crippen LogP contribution in [0, 0.1) is 0 Å². The summed E-state index contributed by atoms with van der Waals surface area (Å²) in [7, 11) is 0. The predicted molar refractivity (Wildman–Crippen MR) is 67.5 cm³/mol. The minimum Gasteiger partial charge on any atom is -0.328 e. The molecular weight excluding hydrogens is 214 g/mol. The molecule has 1 heterocycles. The largest absolute Gasteiger partial charge is 0.328 e. The van der Waals surface area contributed by atoms with Crippen LogP contribution < -0.4 is 5.73 Å². The van der Waals surface area contributed by atoms with E-state index in [-0.39, 0.29) is 12.1 Å². The minimum atomic E-state index is 0.104. The Morgan fingerprint density at radius 2 is 2.00 bits per heavy atom. The van der Waals surface area contributed by atoms with Gasteiger partial charge in [0.25, 0.3) is 0 Å². The maximum absolute atomic E-state index is 12.1. The van der Waals surface area contributed by atoms with Crippen LogP contribution in [0.1, 0.15) is 12.5 Å². The number of amides is 2. The summed E-state index contributed by atoms with van der Waals surface area (Å²) < 4.78 is 0. The summed E-state index contributed by atoms with van der Waals surface area (Å²) in [5.74, 6) is 0. The third kappa shape index (κ3) is 2.58. The molecule has 0 bridgehead atoms. The first-order chi connectivity index (χ1) is 8.22. The van der Waals surface area contributed by atoms with E-state index in [9.17, 15) is 4.79 Å². The van der Waals surface area contributed by atoms with E-state index >= 15 is 0 Å². The Bertz CT molecular complexity index is 380. The molecule has 1 aromatic carbocycles. The van der Waals surface area contributed by atoms with Crippen molar-refractivity contribution in [3.8, 4) is 0 Å². The van der Waals surface area contributed by atoms with Crippen LogP contribution in [-0.4, -0.2) is 41.5 Å². The zero-order chi connectivity index (χ0) is 12.3. The topological polar surface area (TPSA) is 49.6 Å². The van der Waals surface area contributed by atoms with Crippen molar-refractivity contribution in [2.24, 2.45) is 5.73 Å². The van der Waals surface area contributed by atoms with Gasteiger partial charge >= 0.3 is 6.03 Å². The molecule has 92 valence electrons. The van der Waals surface area contributed by atoms with E-state index in [2.05, 4.69) is 0 Å². The van der Waals surface area contributed by atoms with Crippen LogP contribution in [0.15, 0.2) is 30.3 Å². The number of benzene rings is 1. The average molecular weight is 233 g/mol. The van der Waals surface area contributed by atoms with Crippen molar-refractivity contribution in [1.29, 1.82) is 0 Å². The number of rotatable bonds is 4. The fraction of sp³-hybridized carbons (Fsp3) is 0.462. The molecule has 0 saturated carbocycles. The van der Waals surface area contributed by atoms with E-state index in [0.717, 1.165) is 13.1 Å². The molecule has 1 fully saturated rings. The Hall–Kier alpha value is -1.55. The molecule has 1 saturated heterocycles. The van der Waals surface area contributed by atoms with Crippen molar-refractivity contribution in [3.05, 3.63) is 35.9 Å². The summed E-state index contributed by atoms with van der Waals surface area (Å²) in [5.41, 5.74) is 6.77.